The predicted octanol–water partition coefficient (Wildman–Crippen LogP) is 4.23. The molecule has 0 fully saturated rings. The molecule has 136 valence electrons. The number of alkyl halides is 4. The largest absolute Gasteiger partial charge is 0.417 e. The first-order valence-corrected chi connectivity index (χ1v) is 8.30. The minimum Gasteiger partial charge on any atom is -0.284 e. The molecule has 0 N–H and O–H groups in total. The second kappa shape index (κ2) is 5.75. The maximum atomic E-state index is 15.3. The number of allylic oxidation sites excluding steroid dienone is 4. The number of pyridine rings is 1. The smallest absolute Gasteiger partial charge is 0.284 e. The molecule has 2 aromatic heterocycles. The first-order chi connectivity index (χ1) is 12.3. The van der Waals surface area contributed by atoms with E-state index in [4.69, 9.17) is 0 Å². The summed E-state index contributed by atoms with van der Waals surface area (Å²) in [6, 6.07) is 1.03. The van der Waals surface area contributed by atoms with Crippen molar-refractivity contribution in [3.63, 3.8) is 0 Å². The molecule has 1 aliphatic heterocycles. The van der Waals surface area contributed by atoms with Crippen LogP contribution in [0, 0.1) is 12.8 Å². The van der Waals surface area contributed by atoms with E-state index < -0.39 is 23.8 Å². The van der Waals surface area contributed by atoms with Crippen LogP contribution >= 0.6 is 0 Å². The summed E-state index contributed by atoms with van der Waals surface area (Å²) in [7, 11) is 0. The van der Waals surface area contributed by atoms with Crippen LogP contribution in [0.4, 0.5) is 17.6 Å². The average Bonchev–Trinajstić information content (AvgIpc) is 2.98. The Labute approximate surface area is 147 Å². The average molecular weight is 364 g/mol. The van der Waals surface area contributed by atoms with E-state index in [2.05, 4.69) is 15.2 Å². The fourth-order valence-corrected chi connectivity index (χ4v) is 3.66. The van der Waals surface area contributed by atoms with E-state index >= 15 is 4.39 Å². The van der Waals surface area contributed by atoms with E-state index in [-0.39, 0.29) is 0 Å². The second-order valence-electron chi connectivity index (χ2n) is 6.66. The van der Waals surface area contributed by atoms with Crippen molar-refractivity contribution < 1.29 is 17.6 Å². The van der Waals surface area contributed by atoms with E-state index in [1.54, 1.807) is 24.5 Å². The Bertz CT molecular complexity index is 939. The highest BCUT2D eigenvalue weighted by atomic mass is 19.4. The zero-order valence-corrected chi connectivity index (χ0v) is 14.2. The predicted molar refractivity (Wildman–Crippen MR) is 87.6 cm³/mol. The summed E-state index contributed by atoms with van der Waals surface area (Å²) in [5.74, 6) is 0.722. The fourth-order valence-electron chi connectivity index (χ4n) is 3.66. The summed E-state index contributed by atoms with van der Waals surface area (Å²) < 4.78 is 56.0. The Morgan fingerprint density at radius 3 is 2.65 bits per heavy atom. The molecule has 3 heterocycles. The van der Waals surface area contributed by atoms with E-state index in [9.17, 15) is 13.2 Å². The third-order valence-corrected chi connectivity index (χ3v) is 5.00. The highest BCUT2D eigenvalue weighted by Gasteiger charge is 2.37. The van der Waals surface area contributed by atoms with Crippen LogP contribution in [0.2, 0.25) is 0 Å². The molecular formula is C18H16F4N4. The van der Waals surface area contributed by atoms with Crippen molar-refractivity contribution in [2.45, 2.75) is 39.0 Å². The Morgan fingerprint density at radius 1 is 1.15 bits per heavy atom. The van der Waals surface area contributed by atoms with Crippen LogP contribution < -0.4 is 0 Å². The molecule has 0 saturated carbocycles. The van der Waals surface area contributed by atoms with Gasteiger partial charge in [0.15, 0.2) is 0 Å². The molecule has 2 aliphatic rings. The molecule has 2 unspecified atom stereocenters. The molecule has 4 rings (SSSR count). The third kappa shape index (κ3) is 2.55. The van der Waals surface area contributed by atoms with Gasteiger partial charge in [-0.15, -0.1) is 10.2 Å². The van der Waals surface area contributed by atoms with Crippen LogP contribution in [0.3, 0.4) is 0 Å². The number of rotatable bonds is 1. The number of aryl methyl sites for hydroxylation is 2. The van der Waals surface area contributed by atoms with Gasteiger partial charge in [-0.2, -0.15) is 13.2 Å². The van der Waals surface area contributed by atoms with Crippen molar-refractivity contribution in [2.75, 3.05) is 0 Å². The summed E-state index contributed by atoms with van der Waals surface area (Å²) in [4.78, 5) is 3.71. The van der Waals surface area contributed by atoms with Gasteiger partial charge < -0.3 is 0 Å². The van der Waals surface area contributed by atoms with Crippen LogP contribution in [0.1, 0.15) is 36.1 Å². The van der Waals surface area contributed by atoms with Crippen LogP contribution in [0.5, 0.6) is 0 Å². The minimum atomic E-state index is -4.49. The Kier molecular flexibility index (Phi) is 3.75. The van der Waals surface area contributed by atoms with Crippen LogP contribution in [0.15, 0.2) is 30.1 Å². The Hall–Kier alpha value is -2.51. The van der Waals surface area contributed by atoms with Crippen molar-refractivity contribution in [1.82, 2.24) is 19.7 Å². The molecule has 0 amide bonds. The number of nitrogens with zero attached hydrogens (tertiary/aromatic N) is 4. The van der Waals surface area contributed by atoms with Crippen molar-refractivity contribution in [2.24, 2.45) is 5.92 Å². The number of aromatic nitrogens is 4. The van der Waals surface area contributed by atoms with Gasteiger partial charge in [-0.3, -0.25) is 9.55 Å². The molecule has 0 saturated heterocycles. The fraction of sp³-hybridized carbons (Fsp3) is 0.389. The molecule has 26 heavy (non-hydrogen) atoms. The highest BCUT2D eigenvalue weighted by Crippen LogP contribution is 2.43. The van der Waals surface area contributed by atoms with E-state index in [0.29, 0.717) is 41.3 Å². The summed E-state index contributed by atoms with van der Waals surface area (Å²) in [6.45, 7) is 3.44. The Balaban J connectivity index is 1.84. The lowest BCUT2D eigenvalue weighted by Gasteiger charge is -2.33. The summed E-state index contributed by atoms with van der Waals surface area (Å²) in [6.07, 6.45) is -0.706. The Morgan fingerprint density at radius 2 is 1.92 bits per heavy atom. The van der Waals surface area contributed by atoms with Crippen molar-refractivity contribution >= 4 is 11.3 Å². The molecule has 0 radical (unpaired) electrons. The van der Waals surface area contributed by atoms with E-state index in [0.717, 1.165) is 17.8 Å². The van der Waals surface area contributed by atoms with Gasteiger partial charge in [0, 0.05) is 24.7 Å². The van der Waals surface area contributed by atoms with Gasteiger partial charge >= 0.3 is 6.18 Å². The molecule has 8 heteroatoms. The van der Waals surface area contributed by atoms with Gasteiger partial charge in [0.1, 0.15) is 17.8 Å². The van der Waals surface area contributed by atoms with Gasteiger partial charge in [-0.25, -0.2) is 4.39 Å². The monoisotopic (exact) mass is 364 g/mol. The molecule has 4 nitrogen and oxygen atoms in total. The maximum absolute atomic E-state index is 15.3. The number of fused-ring (bicyclic) bond motifs is 2. The lowest BCUT2D eigenvalue weighted by molar-refractivity contribution is -0.137. The standard InChI is InChI=1S/C18H16F4N4/c1-9-14(12-5-13(8-23-7-12)18(20,21)22)6-11-3-4-15-25-24-10(2)26(15)17(11)16(9)19/h5-9,16H,3-4H2,1-2H3. The van der Waals surface area contributed by atoms with Gasteiger partial charge in [0.25, 0.3) is 0 Å². The first-order valence-electron chi connectivity index (χ1n) is 8.30. The van der Waals surface area contributed by atoms with Crippen molar-refractivity contribution in [3.8, 4) is 0 Å². The lowest BCUT2D eigenvalue weighted by Crippen LogP contribution is -2.28. The second-order valence-corrected chi connectivity index (χ2v) is 6.66. The third-order valence-electron chi connectivity index (χ3n) is 5.00. The van der Waals surface area contributed by atoms with Crippen molar-refractivity contribution in [3.05, 3.63) is 52.9 Å². The molecular weight excluding hydrogens is 348 g/mol. The molecule has 2 atom stereocenters. The number of halogens is 4. The minimum absolute atomic E-state index is 0.299. The van der Waals surface area contributed by atoms with Gasteiger partial charge in [0.05, 0.1) is 11.3 Å². The molecule has 0 aromatic carbocycles. The topological polar surface area (TPSA) is 43.6 Å². The lowest BCUT2D eigenvalue weighted by atomic mass is 9.80. The zero-order chi connectivity index (χ0) is 18.6. The number of hydrogen-bond acceptors (Lipinski definition) is 3. The van der Waals surface area contributed by atoms with Gasteiger partial charge in [0.2, 0.25) is 0 Å². The number of hydrogen-bond donors (Lipinski definition) is 0. The van der Waals surface area contributed by atoms with Gasteiger partial charge in [-0.1, -0.05) is 13.0 Å². The maximum Gasteiger partial charge on any atom is 0.417 e. The summed E-state index contributed by atoms with van der Waals surface area (Å²) in [5, 5.41) is 8.10. The van der Waals surface area contributed by atoms with Crippen molar-refractivity contribution in [1.29, 1.82) is 0 Å². The molecule has 0 bridgehead atoms. The molecule has 0 spiro atoms. The first kappa shape index (κ1) is 16.9. The SMILES string of the molecule is Cc1nnc2n1C1=C(C=C(c3cncc(C(F)(F)F)c3)C(C)C1F)CC2. The van der Waals surface area contributed by atoms with E-state index in [1.807, 2.05) is 0 Å². The van der Waals surface area contributed by atoms with Gasteiger partial charge in [-0.05, 0) is 36.1 Å². The normalized spacial score (nSPS) is 22.8. The quantitative estimate of drug-likeness (QED) is 0.712. The zero-order valence-electron chi connectivity index (χ0n) is 14.2. The van der Waals surface area contributed by atoms with Crippen LogP contribution in [0.25, 0.3) is 11.3 Å². The van der Waals surface area contributed by atoms with Crippen LogP contribution in [-0.4, -0.2) is 25.9 Å². The summed E-state index contributed by atoms with van der Waals surface area (Å²) >= 11 is 0. The van der Waals surface area contributed by atoms with E-state index in [1.165, 1.54) is 6.20 Å². The highest BCUT2D eigenvalue weighted by molar-refractivity contribution is 5.79. The molecule has 1 aliphatic carbocycles. The van der Waals surface area contributed by atoms with Crippen LogP contribution in [-0.2, 0) is 12.6 Å². The molecule has 2 aromatic rings. The summed E-state index contributed by atoms with van der Waals surface area (Å²) in [5.41, 5.74) is 1.28.